The highest BCUT2D eigenvalue weighted by Crippen LogP contribution is 2.16. The number of hydrogen-bond acceptors (Lipinski definition) is 1. The standard InChI is InChI=1S/C9H18ClN/c1-3-5-6-7-8(4-2)9(10)11/h8,11H,3-7H2,1-2H3. The summed E-state index contributed by atoms with van der Waals surface area (Å²) >= 11 is 5.61. The molecule has 2 heteroatoms. The van der Waals surface area contributed by atoms with Crippen molar-refractivity contribution in [2.24, 2.45) is 5.92 Å². The minimum Gasteiger partial charge on any atom is -0.293 e. The summed E-state index contributed by atoms with van der Waals surface area (Å²) in [5.41, 5.74) is 0. The van der Waals surface area contributed by atoms with Gasteiger partial charge < -0.3 is 0 Å². The van der Waals surface area contributed by atoms with E-state index in [-0.39, 0.29) is 0 Å². The van der Waals surface area contributed by atoms with Gasteiger partial charge in [-0.15, -0.1) is 0 Å². The number of halogens is 1. The third-order valence-corrected chi connectivity index (χ3v) is 2.32. The van der Waals surface area contributed by atoms with Gasteiger partial charge in [-0.25, -0.2) is 0 Å². The molecule has 0 amide bonds. The molecular weight excluding hydrogens is 158 g/mol. The van der Waals surface area contributed by atoms with Crippen molar-refractivity contribution in [3.8, 4) is 0 Å². The SMILES string of the molecule is CCCCCC(CC)C(=N)Cl. The van der Waals surface area contributed by atoms with E-state index in [0.717, 1.165) is 12.8 Å². The van der Waals surface area contributed by atoms with Crippen molar-refractivity contribution in [2.45, 2.75) is 46.0 Å². The van der Waals surface area contributed by atoms with Gasteiger partial charge in [0.2, 0.25) is 0 Å². The molecule has 0 spiro atoms. The van der Waals surface area contributed by atoms with Crippen LogP contribution in [0.1, 0.15) is 46.0 Å². The lowest BCUT2D eigenvalue weighted by atomic mass is 10.00. The summed E-state index contributed by atoms with van der Waals surface area (Å²) in [6, 6.07) is 0. The minimum atomic E-state index is 0.322. The summed E-state index contributed by atoms with van der Waals surface area (Å²) in [7, 11) is 0. The van der Waals surface area contributed by atoms with E-state index in [9.17, 15) is 0 Å². The monoisotopic (exact) mass is 175 g/mol. The van der Waals surface area contributed by atoms with E-state index >= 15 is 0 Å². The van der Waals surface area contributed by atoms with E-state index in [0.29, 0.717) is 11.1 Å². The van der Waals surface area contributed by atoms with Crippen molar-refractivity contribution in [3.63, 3.8) is 0 Å². The molecule has 11 heavy (non-hydrogen) atoms. The topological polar surface area (TPSA) is 23.9 Å². The first-order valence-electron chi connectivity index (χ1n) is 4.46. The molecule has 0 rings (SSSR count). The molecule has 1 atom stereocenters. The Labute approximate surface area is 74.6 Å². The first kappa shape index (κ1) is 11.0. The van der Waals surface area contributed by atoms with Crippen molar-refractivity contribution in [2.75, 3.05) is 0 Å². The molecule has 0 aliphatic carbocycles. The maximum atomic E-state index is 7.25. The first-order chi connectivity index (χ1) is 5.22. The predicted octanol–water partition coefficient (Wildman–Crippen LogP) is 3.81. The van der Waals surface area contributed by atoms with Gasteiger partial charge in [-0.05, 0) is 12.8 Å². The number of nitrogens with one attached hydrogen (secondary N) is 1. The Morgan fingerprint density at radius 1 is 1.36 bits per heavy atom. The summed E-state index contributed by atoms with van der Waals surface area (Å²) in [6.45, 7) is 4.28. The van der Waals surface area contributed by atoms with E-state index in [4.69, 9.17) is 17.0 Å². The fraction of sp³-hybridized carbons (Fsp3) is 0.889. The second-order valence-electron chi connectivity index (χ2n) is 2.95. The van der Waals surface area contributed by atoms with E-state index in [1.54, 1.807) is 0 Å². The Morgan fingerprint density at radius 3 is 2.36 bits per heavy atom. The van der Waals surface area contributed by atoms with Gasteiger partial charge in [0.1, 0.15) is 0 Å². The van der Waals surface area contributed by atoms with Gasteiger partial charge in [0.25, 0.3) is 0 Å². The summed E-state index contributed by atoms with van der Waals surface area (Å²) in [5, 5.41) is 7.59. The molecule has 0 radical (unpaired) electrons. The molecule has 0 heterocycles. The second kappa shape index (κ2) is 6.66. The molecule has 0 fully saturated rings. The van der Waals surface area contributed by atoms with Crippen LogP contribution in [0.3, 0.4) is 0 Å². The molecule has 1 nitrogen and oxygen atoms in total. The van der Waals surface area contributed by atoms with Crippen molar-refractivity contribution in [3.05, 3.63) is 0 Å². The quantitative estimate of drug-likeness (QED) is 0.469. The van der Waals surface area contributed by atoms with Gasteiger partial charge in [-0.1, -0.05) is 44.7 Å². The third-order valence-electron chi connectivity index (χ3n) is 2.01. The van der Waals surface area contributed by atoms with Crippen molar-refractivity contribution in [1.29, 1.82) is 5.41 Å². The zero-order valence-corrected chi connectivity index (χ0v) is 8.25. The van der Waals surface area contributed by atoms with E-state index < -0.39 is 0 Å². The lowest BCUT2D eigenvalue weighted by Gasteiger charge is -2.10. The van der Waals surface area contributed by atoms with Crippen LogP contribution in [-0.4, -0.2) is 5.17 Å². The molecule has 0 saturated heterocycles. The van der Waals surface area contributed by atoms with Crippen molar-refractivity contribution in [1.82, 2.24) is 0 Å². The maximum Gasteiger partial charge on any atom is 0.1000 e. The number of unbranched alkanes of at least 4 members (excludes halogenated alkanes) is 2. The van der Waals surface area contributed by atoms with Crippen LogP contribution >= 0.6 is 11.6 Å². The van der Waals surface area contributed by atoms with Gasteiger partial charge in [0, 0.05) is 5.92 Å². The molecule has 1 N–H and O–H groups in total. The average molecular weight is 176 g/mol. The van der Waals surface area contributed by atoms with Gasteiger partial charge in [-0.3, -0.25) is 5.41 Å². The Balaban J connectivity index is 3.44. The third kappa shape index (κ3) is 5.25. The molecule has 1 unspecified atom stereocenters. The van der Waals surface area contributed by atoms with E-state index in [1.165, 1.54) is 19.3 Å². The molecule has 66 valence electrons. The lowest BCUT2D eigenvalue weighted by Crippen LogP contribution is -2.06. The van der Waals surface area contributed by atoms with Crippen LogP contribution in [0.2, 0.25) is 0 Å². The van der Waals surface area contributed by atoms with Crippen LogP contribution in [-0.2, 0) is 0 Å². The average Bonchev–Trinajstić information content (AvgIpc) is 1.97. The summed E-state index contributed by atoms with van der Waals surface area (Å²) in [4.78, 5) is 0. The normalized spacial score (nSPS) is 13.0. The Bertz CT molecular complexity index is 112. The minimum absolute atomic E-state index is 0.322. The van der Waals surface area contributed by atoms with Gasteiger partial charge in [-0.2, -0.15) is 0 Å². The lowest BCUT2D eigenvalue weighted by molar-refractivity contribution is 0.554. The predicted molar refractivity (Wildman–Crippen MR) is 51.5 cm³/mol. The number of hydrogen-bond donors (Lipinski definition) is 1. The van der Waals surface area contributed by atoms with Crippen molar-refractivity contribution < 1.29 is 0 Å². The van der Waals surface area contributed by atoms with Gasteiger partial charge in [0.15, 0.2) is 0 Å². The zero-order chi connectivity index (χ0) is 8.69. The van der Waals surface area contributed by atoms with Crippen molar-refractivity contribution >= 4 is 16.8 Å². The van der Waals surface area contributed by atoms with Gasteiger partial charge in [0.05, 0.1) is 5.17 Å². The highest BCUT2D eigenvalue weighted by molar-refractivity contribution is 6.64. The highest BCUT2D eigenvalue weighted by atomic mass is 35.5. The smallest absolute Gasteiger partial charge is 0.1000 e. The molecule has 0 aliphatic heterocycles. The van der Waals surface area contributed by atoms with Crippen LogP contribution in [0, 0.1) is 11.3 Å². The molecular formula is C9H18ClN. The van der Waals surface area contributed by atoms with E-state index in [2.05, 4.69) is 13.8 Å². The van der Waals surface area contributed by atoms with Crippen LogP contribution in [0.4, 0.5) is 0 Å². The molecule has 0 saturated carbocycles. The van der Waals surface area contributed by atoms with E-state index in [1.807, 2.05) is 0 Å². The summed E-state index contributed by atoms with van der Waals surface area (Å²) in [6.07, 6.45) is 5.82. The summed E-state index contributed by atoms with van der Waals surface area (Å²) in [5.74, 6) is 0.322. The number of rotatable bonds is 6. The van der Waals surface area contributed by atoms with Crippen LogP contribution in [0.25, 0.3) is 0 Å². The van der Waals surface area contributed by atoms with Gasteiger partial charge >= 0.3 is 0 Å². The largest absolute Gasteiger partial charge is 0.293 e. The Morgan fingerprint density at radius 2 is 2.00 bits per heavy atom. The second-order valence-corrected chi connectivity index (χ2v) is 3.36. The molecule has 0 aromatic rings. The first-order valence-corrected chi connectivity index (χ1v) is 4.84. The molecule has 0 aliphatic rings. The zero-order valence-electron chi connectivity index (χ0n) is 7.49. The fourth-order valence-electron chi connectivity index (χ4n) is 1.15. The van der Waals surface area contributed by atoms with Crippen LogP contribution in [0.5, 0.6) is 0 Å². The Kier molecular flexibility index (Phi) is 6.63. The van der Waals surface area contributed by atoms with Crippen LogP contribution < -0.4 is 0 Å². The van der Waals surface area contributed by atoms with Crippen LogP contribution in [0.15, 0.2) is 0 Å². The maximum absolute atomic E-state index is 7.25. The fourth-order valence-corrected chi connectivity index (χ4v) is 1.41. The molecule has 0 aromatic carbocycles. The molecule has 0 bridgehead atoms. The summed E-state index contributed by atoms with van der Waals surface area (Å²) < 4.78 is 0. The highest BCUT2D eigenvalue weighted by Gasteiger charge is 2.08. The Hall–Kier alpha value is -0.0400. The molecule has 0 aromatic heterocycles.